The lowest BCUT2D eigenvalue weighted by atomic mass is 10.2. The van der Waals surface area contributed by atoms with Crippen molar-refractivity contribution in [2.24, 2.45) is 0 Å². The third kappa shape index (κ3) is 1.73. The van der Waals surface area contributed by atoms with Crippen LogP contribution in [0.2, 0.25) is 0 Å². The molecule has 0 amide bonds. The van der Waals surface area contributed by atoms with E-state index in [2.05, 4.69) is 21.7 Å². The summed E-state index contributed by atoms with van der Waals surface area (Å²) in [4.78, 5) is 4.68. The third-order valence-electron chi connectivity index (χ3n) is 3.60. The van der Waals surface area contributed by atoms with Crippen molar-refractivity contribution < 1.29 is 4.39 Å². The molecular formula is C16H13FN2. The quantitative estimate of drug-likeness (QED) is 0.669. The first kappa shape index (κ1) is 10.7. The van der Waals surface area contributed by atoms with Crippen LogP contribution in [0.3, 0.4) is 0 Å². The first-order chi connectivity index (χ1) is 9.33. The Bertz CT molecular complexity index is 742. The largest absolute Gasteiger partial charge is 0.321 e. The van der Waals surface area contributed by atoms with Gasteiger partial charge in [-0.3, -0.25) is 0 Å². The normalized spacial score (nSPS) is 15.0. The number of fused-ring (bicyclic) bond motifs is 1. The lowest BCUT2D eigenvalue weighted by molar-refractivity contribution is 0.628. The average Bonchev–Trinajstić information content (AvgIpc) is 3.21. The van der Waals surface area contributed by atoms with Gasteiger partial charge >= 0.3 is 0 Å². The molecule has 0 N–H and O–H groups in total. The van der Waals surface area contributed by atoms with Crippen molar-refractivity contribution in [1.82, 2.24) is 9.55 Å². The summed E-state index contributed by atoms with van der Waals surface area (Å²) in [6, 6.07) is 15.4. The van der Waals surface area contributed by atoms with Crippen LogP contribution < -0.4 is 0 Å². The number of aromatic nitrogens is 2. The smallest absolute Gasteiger partial charge is 0.141 e. The number of rotatable bonds is 2. The summed E-state index contributed by atoms with van der Waals surface area (Å²) in [7, 11) is 0. The Morgan fingerprint density at radius 3 is 2.58 bits per heavy atom. The predicted octanol–water partition coefficient (Wildman–Crippen LogP) is 4.18. The molecule has 19 heavy (non-hydrogen) atoms. The molecule has 1 aliphatic rings. The highest BCUT2D eigenvalue weighted by Crippen LogP contribution is 2.41. The van der Waals surface area contributed by atoms with E-state index in [0.29, 0.717) is 6.04 Å². The van der Waals surface area contributed by atoms with E-state index in [0.717, 1.165) is 35.3 Å². The Hall–Kier alpha value is -2.16. The number of nitrogens with zero attached hydrogens (tertiary/aromatic N) is 2. The first-order valence-corrected chi connectivity index (χ1v) is 6.56. The van der Waals surface area contributed by atoms with Crippen LogP contribution in [0.5, 0.6) is 0 Å². The molecule has 0 unspecified atom stereocenters. The number of benzene rings is 2. The van der Waals surface area contributed by atoms with Crippen molar-refractivity contribution in [2.75, 3.05) is 0 Å². The fraction of sp³-hybridized carbons (Fsp3) is 0.188. The van der Waals surface area contributed by atoms with Gasteiger partial charge in [0.1, 0.15) is 11.6 Å². The molecule has 1 aromatic heterocycles. The zero-order valence-corrected chi connectivity index (χ0v) is 10.4. The zero-order chi connectivity index (χ0) is 12.8. The summed E-state index contributed by atoms with van der Waals surface area (Å²) >= 11 is 0. The van der Waals surface area contributed by atoms with Crippen LogP contribution in [-0.4, -0.2) is 9.55 Å². The predicted molar refractivity (Wildman–Crippen MR) is 73.4 cm³/mol. The highest BCUT2D eigenvalue weighted by molar-refractivity contribution is 5.81. The maximum atomic E-state index is 13.5. The van der Waals surface area contributed by atoms with Gasteiger partial charge in [0.25, 0.3) is 0 Å². The molecule has 0 radical (unpaired) electrons. The molecule has 0 saturated heterocycles. The summed E-state index contributed by atoms with van der Waals surface area (Å²) in [6.45, 7) is 0. The summed E-state index contributed by atoms with van der Waals surface area (Å²) in [5.41, 5.74) is 2.86. The molecule has 94 valence electrons. The fourth-order valence-corrected chi connectivity index (χ4v) is 2.56. The van der Waals surface area contributed by atoms with Gasteiger partial charge in [0, 0.05) is 11.6 Å². The van der Waals surface area contributed by atoms with Crippen LogP contribution in [0.15, 0.2) is 48.5 Å². The number of imidazole rings is 1. The van der Waals surface area contributed by atoms with Gasteiger partial charge in [-0.1, -0.05) is 30.3 Å². The Morgan fingerprint density at radius 2 is 1.84 bits per heavy atom. The molecular weight excluding hydrogens is 239 g/mol. The zero-order valence-electron chi connectivity index (χ0n) is 10.4. The first-order valence-electron chi connectivity index (χ1n) is 6.56. The Morgan fingerprint density at radius 1 is 1.05 bits per heavy atom. The van der Waals surface area contributed by atoms with Crippen molar-refractivity contribution in [3.05, 3.63) is 54.3 Å². The van der Waals surface area contributed by atoms with E-state index in [9.17, 15) is 4.39 Å². The Labute approximate surface area is 110 Å². The summed E-state index contributed by atoms with van der Waals surface area (Å²) in [5, 5.41) is 0. The van der Waals surface area contributed by atoms with Crippen molar-refractivity contribution in [3.63, 3.8) is 0 Å². The van der Waals surface area contributed by atoms with E-state index in [1.807, 2.05) is 18.2 Å². The van der Waals surface area contributed by atoms with Crippen molar-refractivity contribution in [3.8, 4) is 11.4 Å². The second-order valence-corrected chi connectivity index (χ2v) is 5.04. The topological polar surface area (TPSA) is 17.8 Å². The number of hydrogen-bond acceptors (Lipinski definition) is 1. The van der Waals surface area contributed by atoms with E-state index in [4.69, 9.17) is 0 Å². The molecule has 0 spiro atoms. The van der Waals surface area contributed by atoms with Gasteiger partial charge in [0.05, 0.1) is 11.0 Å². The standard InChI is InChI=1S/C16H13FN2/c17-12-6-9-14-15(10-12)19(13-7-8-13)16(18-14)11-4-2-1-3-5-11/h1-6,9-10,13H,7-8H2. The fourth-order valence-electron chi connectivity index (χ4n) is 2.56. The molecule has 3 heteroatoms. The summed E-state index contributed by atoms with van der Waals surface area (Å²) in [5.74, 6) is 0.748. The second-order valence-electron chi connectivity index (χ2n) is 5.04. The van der Waals surface area contributed by atoms with E-state index >= 15 is 0 Å². The third-order valence-corrected chi connectivity index (χ3v) is 3.60. The minimum Gasteiger partial charge on any atom is -0.321 e. The molecule has 2 nitrogen and oxygen atoms in total. The van der Waals surface area contributed by atoms with E-state index in [1.165, 1.54) is 6.07 Å². The summed E-state index contributed by atoms with van der Waals surface area (Å²) < 4.78 is 15.7. The van der Waals surface area contributed by atoms with Crippen LogP contribution in [0.25, 0.3) is 22.4 Å². The lowest BCUT2D eigenvalue weighted by Crippen LogP contribution is -1.97. The van der Waals surface area contributed by atoms with Crippen LogP contribution in [0, 0.1) is 5.82 Å². The number of halogens is 1. The van der Waals surface area contributed by atoms with Crippen LogP contribution in [0.4, 0.5) is 4.39 Å². The molecule has 0 atom stereocenters. The Kier molecular flexibility index (Phi) is 2.21. The molecule has 4 rings (SSSR count). The second kappa shape index (κ2) is 3.92. The monoisotopic (exact) mass is 252 g/mol. The molecule has 1 fully saturated rings. The number of hydrogen-bond donors (Lipinski definition) is 0. The van der Waals surface area contributed by atoms with E-state index in [-0.39, 0.29) is 5.82 Å². The van der Waals surface area contributed by atoms with Gasteiger partial charge in [-0.25, -0.2) is 9.37 Å². The van der Waals surface area contributed by atoms with Gasteiger partial charge in [0.15, 0.2) is 0 Å². The molecule has 1 saturated carbocycles. The van der Waals surface area contributed by atoms with Gasteiger partial charge in [-0.15, -0.1) is 0 Å². The minimum absolute atomic E-state index is 0.200. The lowest BCUT2D eigenvalue weighted by Gasteiger charge is -2.07. The Balaban J connectivity index is 2.02. The molecule has 0 aliphatic heterocycles. The van der Waals surface area contributed by atoms with Crippen molar-refractivity contribution in [1.29, 1.82) is 0 Å². The minimum atomic E-state index is -0.200. The highest BCUT2D eigenvalue weighted by Gasteiger charge is 2.28. The molecule has 1 aliphatic carbocycles. The highest BCUT2D eigenvalue weighted by atomic mass is 19.1. The molecule has 2 aromatic carbocycles. The van der Waals surface area contributed by atoms with E-state index < -0.39 is 0 Å². The van der Waals surface area contributed by atoms with Crippen molar-refractivity contribution >= 4 is 11.0 Å². The van der Waals surface area contributed by atoms with Crippen LogP contribution >= 0.6 is 0 Å². The maximum absolute atomic E-state index is 13.5. The average molecular weight is 252 g/mol. The SMILES string of the molecule is Fc1ccc2nc(-c3ccccc3)n(C3CC3)c2c1. The van der Waals surface area contributed by atoms with Gasteiger partial charge in [-0.2, -0.15) is 0 Å². The van der Waals surface area contributed by atoms with Gasteiger partial charge in [-0.05, 0) is 31.0 Å². The van der Waals surface area contributed by atoms with Gasteiger partial charge < -0.3 is 4.57 Å². The molecule has 1 heterocycles. The van der Waals surface area contributed by atoms with Crippen molar-refractivity contribution in [2.45, 2.75) is 18.9 Å². The molecule has 3 aromatic rings. The van der Waals surface area contributed by atoms with Crippen LogP contribution in [-0.2, 0) is 0 Å². The molecule has 0 bridgehead atoms. The summed E-state index contributed by atoms with van der Waals surface area (Å²) in [6.07, 6.45) is 2.31. The maximum Gasteiger partial charge on any atom is 0.141 e. The van der Waals surface area contributed by atoms with Crippen LogP contribution in [0.1, 0.15) is 18.9 Å². The van der Waals surface area contributed by atoms with E-state index in [1.54, 1.807) is 12.1 Å². The van der Waals surface area contributed by atoms with Gasteiger partial charge in [0.2, 0.25) is 0 Å².